The highest BCUT2D eigenvalue weighted by Gasteiger charge is 2.13. The summed E-state index contributed by atoms with van der Waals surface area (Å²) in [5, 5.41) is 0. The molecule has 18 heavy (non-hydrogen) atoms. The number of nitrogens with two attached hydrogens (primary N) is 1. The first-order valence-corrected chi connectivity index (χ1v) is 5.97. The van der Waals surface area contributed by atoms with Crippen LogP contribution in [-0.2, 0) is 0 Å². The van der Waals surface area contributed by atoms with Gasteiger partial charge in [-0.15, -0.1) is 0 Å². The SMILES string of the molecule is CCOc1cncc(C(N)c2ncccc2C)c1. The Balaban J connectivity index is 2.31. The lowest BCUT2D eigenvalue weighted by Crippen LogP contribution is -2.15. The zero-order valence-electron chi connectivity index (χ0n) is 10.6. The second-order valence-electron chi connectivity index (χ2n) is 4.07. The van der Waals surface area contributed by atoms with Crippen LogP contribution in [0.5, 0.6) is 5.75 Å². The second-order valence-corrected chi connectivity index (χ2v) is 4.07. The van der Waals surface area contributed by atoms with Gasteiger partial charge in [-0.25, -0.2) is 0 Å². The molecule has 4 nitrogen and oxygen atoms in total. The summed E-state index contributed by atoms with van der Waals surface area (Å²) in [6.45, 7) is 4.56. The van der Waals surface area contributed by atoms with E-state index in [-0.39, 0.29) is 6.04 Å². The van der Waals surface area contributed by atoms with E-state index in [4.69, 9.17) is 10.5 Å². The van der Waals surface area contributed by atoms with Crippen LogP contribution in [-0.4, -0.2) is 16.6 Å². The summed E-state index contributed by atoms with van der Waals surface area (Å²) in [6.07, 6.45) is 5.19. The van der Waals surface area contributed by atoms with E-state index < -0.39 is 0 Å². The van der Waals surface area contributed by atoms with Crippen molar-refractivity contribution in [3.63, 3.8) is 0 Å². The van der Waals surface area contributed by atoms with Gasteiger partial charge in [-0.05, 0) is 37.1 Å². The van der Waals surface area contributed by atoms with Crippen molar-refractivity contribution in [3.8, 4) is 5.75 Å². The average molecular weight is 243 g/mol. The van der Waals surface area contributed by atoms with Gasteiger partial charge in [0.15, 0.2) is 0 Å². The van der Waals surface area contributed by atoms with Crippen molar-refractivity contribution in [1.82, 2.24) is 9.97 Å². The summed E-state index contributed by atoms with van der Waals surface area (Å²) in [4.78, 5) is 8.48. The fourth-order valence-corrected chi connectivity index (χ4v) is 1.83. The number of ether oxygens (including phenoxy) is 1. The predicted molar refractivity (Wildman–Crippen MR) is 70.4 cm³/mol. The molecule has 0 radical (unpaired) electrons. The van der Waals surface area contributed by atoms with E-state index >= 15 is 0 Å². The van der Waals surface area contributed by atoms with Crippen molar-refractivity contribution in [1.29, 1.82) is 0 Å². The monoisotopic (exact) mass is 243 g/mol. The fraction of sp³-hybridized carbons (Fsp3) is 0.286. The van der Waals surface area contributed by atoms with Crippen LogP contribution in [0.2, 0.25) is 0 Å². The van der Waals surface area contributed by atoms with E-state index in [9.17, 15) is 0 Å². The maximum Gasteiger partial charge on any atom is 0.137 e. The summed E-state index contributed by atoms with van der Waals surface area (Å²) in [5.41, 5.74) is 9.07. The van der Waals surface area contributed by atoms with Crippen molar-refractivity contribution in [2.45, 2.75) is 19.9 Å². The Hall–Kier alpha value is -1.94. The topological polar surface area (TPSA) is 61.0 Å². The third kappa shape index (κ3) is 2.65. The largest absolute Gasteiger partial charge is 0.492 e. The summed E-state index contributed by atoms with van der Waals surface area (Å²) in [7, 11) is 0. The average Bonchev–Trinajstić information content (AvgIpc) is 2.39. The van der Waals surface area contributed by atoms with Crippen LogP contribution in [0.3, 0.4) is 0 Å². The van der Waals surface area contributed by atoms with Crippen LogP contribution in [0.4, 0.5) is 0 Å². The smallest absolute Gasteiger partial charge is 0.137 e. The van der Waals surface area contributed by atoms with Crippen LogP contribution in [0.25, 0.3) is 0 Å². The van der Waals surface area contributed by atoms with Gasteiger partial charge in [0, 0.05) is 12.4 Å². The number of pyridine rings is 2. The lowest BCUT2D eigenvalue weighted by atomic mass is 10.0. The maximum atomic E-state index is 6.22. The molecule has 94 valence electrons. The third-order valence-electron chi connectivity index (χ3n) is 2.75. The molecule has 2 rings (SSSR count). The molecule has 2 N–H and O–H groups in total. The number of aromatic nitrogens is 2. The first-order valence-electron chi connectivity index (χ1n) is 5.97. The van der Waals surface area contributed by atoms with Gasteiger partial charge in [-0.3, -0.25) is 9.97 Å². The van der Waals surface area contributed by atoms with Crippen LogP contribution in [0, 0.1) is 6.92 Å². The lowest BCUT2D eigenvalue weighted by Gasteiger charge is -2.14. The highest BCUT2D eigenvalue weighted by Crippen LogP contribution is 2.22. The minimum Gasteiger partial charge on any atom is -0.492 e. The molecule has 2 heterocycles. The van der Waals surface area contributed by atoms with E-state index in [0.717, 1.165) is 22.6 Å². The van der Waals surface area contributed by atoms with Gasteiger partial charge in [0.05, 0.1) is 24.5 Å². The Morgan fingerprint density at radius 3 is 2.94 bits per heavy atom. The van der Waals surface area contributed by atoms with Crippen molar-refractivity contribution < 1.29 is 4.74 Å². The molecule has 0 aliphatic heterocycles. The number of hydrogen-bond donors (Lipinski definition) is 1. The standard InChI is InChI=1S/C14H17N3O/c1-3-18-12-7-11(8-16-9-12)13(15)14-10(2)5-4-6-17-14/h4-9,13H,3,15H2,1-2H3. The minimum atomic E-state index is -0.279. The van der Waals surface area contributed by atoms with Gasteiger partial charge < -0.3 is 10.5 Å². The quantitative estimate of drug-likeness (QED) is 0.894. The Morgan fingerprint density at radius 2 is 2.22 bits per heavy atom. The first-order chi connectivity index (χ1) is 8.72. The highest BCUT2D eigenvalue weighted by atomic mass is 16.5. The Kier molecular flexibility index (Phi) is 3.89. The number of rotatable bonds is 4. The van der Waals surface area contributed by atoms with Crippen LogP contribution in [0.1, 0.15) is 29.8 Å². The molecule has 0 aliphatic rings. The molecule has 0 saturated heterocycles. The molecule has 2 aromatic heterocycles. The predicted octanol–water partition coefficient (Wildman–Crippen LogP) is 2.23. The molecular weight excluding hydrogens is 226 g/mol. The Morgan fingerprint density at radius 1 is 1.39 bits per heavy atom. The molecule has 0 fully saturated rings. The van der Waals surface area contributed by atoms with Gasteiger partial charge in [0.25, 0.3) is 0 Å². The first kappa shape index (κ1) is 12.5. The molecule has 0 saturated carbocycles. The number of hydrogen-bond acceptors (Lipinski definition) is 4. The van der Waals surface area contributed by atoms with Crippen molar-refractivity contribution in [2.75, 3.05) is 6.61 Å². The van der Waals surface area contributed by atoms with Crippen molar-refractivity contribution in [3.05, 3.63) is 53.6 Å². The van der Waals surface area contributed by atoms with Crippen LogP contribution in [0.15, 0.2) is 36.8 Å². The summed E-state index contributed by atoms with van der Waals surface area (Å²) in [6, 6.07) is 5.54. The van der Waals surface area contributed by atoms with Gasteiger partial charge >= 0.3 is 0 Å². The zero-order chi connectivity index (χ0) is 13.0. The molecule has 4 heteroatoms. The van der Waals surface area contributed by atoms with E-state index in [1.807, 2.05) is 32.0 Å². The van der Waals surface area contributed by atoms with Gasteiger partial charge in [0.1, 0.15) is 5.75 Å². The fourth-order valence-electron chi connectivity index (χ4n) is 1.83. The molecule has 0 spiro atoms. The molecule has 0 bridgehead atoms. The molecule has 1 atom stereocenters. The van der Waals surface area contributed by atoms with E-state index in [2.05, 4.69) is 9.97 Å². The van der Waals surface area contributed by atoms with E-state index in [0.29, 0.717) is 6.61 Å². The van der Waals surface area contributed by atoms with E-state index in [1.165, 1.54) is 0 Å². The van der Waals surface area contributed by atoms with Gasteiger partial charge in [-0.1, -0.05) is 6.07 Å². The van der Waals surface area contributed by atoms with Gasteiger partial charge in [-0.2, -0.15) is 0 Å². The second kappa shape index (κ2) is 5.60. The molecule has 0 amide bonds. The Bertz CT molecular complexity index is 528. The number of aryl methyl sites for hydroxylation is 1. The summed E-state index contributed by atoms with van der Waals surface area (Å²) >= 11 is 0. The van der Waals surface area contributed by atoms with Crippen molar-refractivity contribution >= 4 is 0 Å². The number of nitrogens with zero attached hydrogens (tertiary/aromatic N) is 2. The normalized spacial score (nSPS) is 12.2. The van der Waals surface area contributed by atoms with Crippen LogP contribution >= 0.6 is 0 Å². The van der Waals surface area contributed by atoms with Crippen LogP contribution < -0.4 is 10.5 Å². The molecule has 2 aromatic rings. The summed E-state index contributed by atoms with van der Waals surface area (Å²) < 4.78 is 5.42. The zero-order valence-corrected chi connectivity index (χ0v) is 10.6. The maximum absolute atomic E-state index is 6.22. The minimum absolute atomic E-state index is 0.279. The van der Waals surface area contributed by atoms with Crippen molar-refractivity contribution in [2.24, 2.45) is 5.73 Å². The molecule has 1 unspecified atom stereocenters. The summed E-state index contributed by atoms with van der Waals surface area (Å²) in [5.74, 6) is 0.735. The highest BCUT2D eigenvalue weighted by molar-refractivity contribution is 5.33. The van der Waals surface area contributed by atoms with E-state index in [1.54, 1.807) is 18.6 Å². The Labute approximate surface area is 107 Å². The molecule has 0 aliphatic carbocycles. The molecule has 0 aromatic carbocycles. The third-order valence-corrected chi connectivity index (χ3v) is 2.75. The lowest BCUT2D eigenvalue weighted by molar-refractivity contribution is 0.338. The van der Waals surface area contributed by atoms with Gasteiger partial charge in [0.2, 0.25) is 0 Å². The molecular formula is C14H17N3O.